The van der Waals surface area contributed by atoms with Gasteiger partial charge in [0.25, 0.3) is 0 Å². The molecule has 0 aromatic carbocycles. The molecule has 2 aliphatic heterocycles. The summed E-state index contributed by atoms with van der Waals surface area (Å²) in [5, 5.41) is 20.0. The first-order valence-electron chi connectivity index (χ1n) is 8.61. The Labute approximate surface area is 147 Å². The van der Waals surface area contributed by atoms with E-state index < -0.39 is 5.60 Å². The third-order valence-corrected chi connectivity index (χ3v) is 7.87. The Kier molecular flexibility index (Phi) is 3.92. The van der Waals surface area contributed by atoms with Gasteiger partial charge < -0.3 is 9.59 Å². The van der Waals surface area contributed by atoms with Crippen molar-refractivity contribution < 1.29 is 9.59 Å². The number of fused-ring (bicyclic) bond motifs is 2. The predicted octanol–water partition coefficient (Wildman–Crippen LogP) is 4.45. The molecule has 4 heterocycles. The first-order valence-corrected chi connectivity index (χ1v) is 10.5. The molecule has 1 N–H and O–H groups in total. The van der Waals surface area contributed by atoms with E-state index in [0.717, 1.165) is 29.6 Å². The molecule has 0 saturated carbocycles. The zero-order valence-electron chi connectivity index (χ0n) is 13.9. The molecule has 23 heavy (non-hydrogen) atoms. The molecule has 0 amide bonds. The van der Waals surface area contributed by atoms with Crippen molar-refractivity contribution in [3.05, 3.63) is 44.8 Å². The number of quaternary nitrogens is 1. The quantitative estimate of drug-likeness (QED) is 0.809. The average Bonchev–Trinajstić information content (AvgIpc) is 3.22. The van der Waals surface area contributed by atoms with Crippen molar-refractivity contribution in [3.8, 4) is 0 Å². The molecule has 4 rings (SSSR count). The van der Waals surface area contributed by atoms with Crippen LogP contribution in [0.15, 0.2) is 33.7 Å². The average molecular weight is 349 g/mol. The second-order valence-corrected chi connectivity index (χ2v) is 9.50. The van der Waals surface area contributed by atoms with Crippen LogP contribution in [-0.4, -0.2) is 35.8 Å². The van der Waals surface area contributed by atoms with Gasteiger partial charge in [-0.05, 0) is 57.1 Å². The largest absolute Gasteiger partial charge is 0.380 e. The summed E-state index contributed by atoms with van der Waals surface area (Å²) in [5.41, 5.74) is 1.35. The summed E-state index contributed by atoms with van der Waals surface area (Å²) in [5.74, 6) is 0.628. The van der Waals surface area contributed by atoms with Gasteiger partial charge in [0.2, 0.25) is 0 Å². The lowest BCUT2D eigenvalue weighted by Gasteiger charge is -2.45. The van der Waals surface area contributed by atoms with Gasteiger partial charge in [-0.25, -0.2) is 0 Å². The standard InChI is InChI=1S/C19H26NOS2/c1-20(2)17-3-4-18(20)10-14(9-17)11-19(21,15-5-7-22-12-15)16-6-8-23-13-16/h5-8,12-14,17-18,21H,3-4,9-11H2,1-2H3/q+1/t17-,18-/m0/s1. The molecular weight excluding hydrogens is 322 g/mol. The summed E-state index contributed by atoms with van der Waals surface area (Å²) in [4.78, 5) is 0. The second kappa shape index (κ2) is 5.69. The Morgan fingerprint density at radius 3 is 2.00 bits per heavy atom. The highest BCUT2D eigenvalue weighted by atomic mass is 32.1. The van der Waals surface area contributed by atoms with Crippen LogP contribution < -0.4 is 0 Å². The number of thiophene rings is 2. The van der Waals surface area contributed by atoms with Crippen molar-refractivity contribution >= 4 is 22.7 Å². The molecule has 124 valence electrons. The summed E-state index contributed by atoms with van der Waals surface area (Å²) in [6.45, 7) is 0. The van der Waals surface area contributed by atoms with Crippen LogP contribution in [0.3, 0.4) is 0 Å². The zero-order valence-corrected chi connectivity index (χ0v) is 15.6. The summed E-state index contributed by atoms with van der Waals surface area (Å²) in [6.07, 6.45) is 6.13. The van der Waals surface area contributed by atoms with Crippen LogP contribution in [0.5, 0.6) is 0 Å². The SMILES string of the molecule is C[N+]1(C)[C@H]2CC[C@H]1CC(CC(O)(c1ccsc1)c1ccsc1)C2. The highest BCUT2D eigenvalue weighted by Gasteiger charge is 2.50. The molecule has 0 unspecified atom stereocenters. The molecular formula is C19H26NOS2+. The van der Waals surface area contributed by atoms with Crippen molar-refractivity contribution in [2.24, 2.45) is 5.92 Å². The van der Waals surface area contributed by atoms with Crippen LogP contribution in [0.1, 0.15) is 43.2 Å². The van der Waals surface area contributed by atoms with E-state index in [9.17, 15) is 5.11 Å². The van der Waals surface area contributed by atoms with Crippen molar-refractivity contribution in [1.82, 2.24) is 0 Å². The van der Waals surface area contributed by atoms with Gasteiger partial charge in [-0.2, -0.15) is 22.7 Å². The number of aliphatic hydroxyl groups is 1. The van der Waals surface area contributed by atoms with E-state index in [-0.39, 0.29) is 0 Å². The number of nitrogens with zero attached hydrogens (tertiary/aromatic N) is 1. The number of hydrogen-bond acceptors (Lipinski definition) is 3. The first kappa shape index (κ1) is 15.8. The molecule has 2 aromatic rings. The minimum atomic E-state index is -0.807. The molecule has 0 aliphatic carbocycles. The minimum absolute atomic E-state index is 0.628. The normalized spacial score (nSPS) is 29.8. The van der Waals surface area contributed by atoms with Crippen molar-refractivity contribution in [1.29, 1.82) is 0 Å². The lowest BCUT2D eigenvalue weighted by molar-refractivity contribution is -0.931. The molecule has 2 aliphatic rings. The number of piperidine rings is 1. The Bertz CT molecular complexity index is 597. The van der Waals surface area contributed by atoms with E-state index >= 15 is 0 Å². The molecule has 0 spiro atoms. The topological polar surface area (TPSA) is 20.2 Å². The molecule has 4 heteroatoms. The Balaban J connectivity index is 1.61. The van der Waals surface area contributed by atoms with E-state index in [1.165, 1.54) is 30.2 Å². The van der Waals surface area contributed by atoms with Crippen LogP contribution in [0.4, 0.5) is 0 Å². The fraction of sp³-hybridized carbons (Fsp3) is 0.579. The van der Waals surface area contributed by atoms with Gasteiger partial charge in [0.05, 0.1) is 26.2 Å². The summed E-state index contributed by atoms with van der Waals surface area (Å²) in [7, 11) is 4.81. The van der Waals surface area contributed by atoms with Crippen molar-refractivity contribution in [3.63, 3.8) is 0 Å². The van der Waals surface area contributed by atoms with E-state index in [1.807, 2.05) is 0 Å². The molecule has 0 radical (unpaired) electrons. The maximum absolute atomic E-state index is 11.6. The predicted molar refractivity (Wildman–Crippen MR) is 97.9 cm³/mol. The highest BCUT2D eigenvalue weighted by molar-refractivity contribution is 7.08. The third-order valence-electron chi connectivity index (χ3n) is 6.51. The maximum Gasteiger partial charge on any atom is 0.116 e. The van der Waals surface area contributed by atoms with Crippen LogP contribution in [0.25, 0.3) is 0 Å². The second-order valence-electron chi connectivity index (χ2n) is 7.94. The highest BCUT2D eigenvalue weighted by Crippen LogP contribution is 2.47. The zero-order chi connectivity index (χ0) is 16.1. The van der Waals surface area contributed by atoms with Crippen molar-refractivity contribution in [2.75, 3.05) is 14.1 Å². The molecule has 2 atom stereocenters. The molecule has 2 aromatic heterocycles. The Morgan fingerprint density at radius 2 is 1.57 bits per heavy atom. The number of rotatable bonds is 4. The van der Waals surface area contributed by atoms with E-state index in [0.29, 0.717) is 5.92 Å². The smallest absolute Gasteiger partial charge is 0.116 e. The van der Waals surface area contributed by atoms with Gasteiger partial charge >= 0.3 is 0 Å². The molecule has 2 saturated heterocycles. The summed E-state index contributed by atoms with van der Waals surface area (Å²) >= 11 is 3.36. The number of hydrogen-bond donors (Lipinski definition) is 1. The Morgan fingerprint density at radius 1 is 1.04 bits per heavy atom. The first-order chi connectivity index (χ1) is 11.0. The van der Waals surface area contributed by atoms with Crippen LogP contribution in [0, 0.1) is 5.92 Å². The van der Waals surface area contributed by atoms with Gasteiger partial charge in [0, 0.05) is 25.7 Å². The van der Waals surface area contributed by atoms with E-state index in [2.05, 4.69) is 47.7 Å². The minimum Gasteiger partial charge on any atom is -0.380 e. The molecule has 2 fully saturated rings. The monoisotopic (exact) mass is 348 g/mol. The van der Waals surface area contributed by atoms with E-state index in [1.54, 1.807) is 22.7 Å². The van der Waals surface area contributed by atoms with Gasteiger partial charge in [-0.3, -0.25) is 0 Å². The van der Waals surface area contributed by atoms with Gasteiger partial charge in [0.1, 0.15) is 5.60 Å². The van der Waals surface area contributed by atoms with Crippen LogP contribution in [0.2, 0.25) is 0 Å². The summed E-state index contributed by atoms with van der Waals surface area (Å²) in [6, 6.07) is 5.76. The fourth-order valence-electron chi connectivity index (χ4n) is 4.98. The fourth-order valence-corrected chi connectivity index (χ4v) is 6.43. The Hall–Kier alpha value is -0.680. The van der Waals surface area contributed by atoms with E-state index in [4.69, 9.17) is 0 Å². The third kappa shape index (κ3) is 2.60. The lowest BCUT2D eigenvalue weighted by atomic mass is 9.76. The van der Waals surface area contributed by atoms with Crippen molar-refractivity contribution in [2.45, 2.75) is 49.8 Å². The van der Waals surface area contributed by atoms with Crippen LogP contribution >= 0.6 is 22.7 Å². The van der Waals surface area contributed by atoms with Gasteiger partial charge in [-0.1, -0.05) is 0 Å². The van der Waals surface area contributed by atoms with Gasteiger partial charge in [-0.15, -0.1) is 0 Å². The summed E-state index contributed by atoms with van der Waals surface area (Å²) < 4.78 is 1.20. The lowest BCUT2D eigenvalue weighted by Crippen LogP contribution is -2.55. The molecule has 2 nitrogen and oxygen atoms in total. The molecule has 2 bridgehead atoms. The maximum atomic E-state index is 11.6. The van der Waals surface area contributed by atoms with Crippen LogP contribution in [-0.2, 0) is 5.60 Å². The van der Waals surface area contributed by atoms with Gasteiger partial charge in [0.15, 0.2) is 0 Å².